The van der Waals surface area contributed by atoms with Gasteiger partial charge in [0.05, 0.1) is 0 Å². The Kier molecular flexibility index (Phi) is 155. The molecule has 0 aromatic carbocycles. The van der Waals surface area contributed by atoms with Crippen LogP contribution in [-0.4, -0.2) is 26.4 Å². The van der Waals surface area contributed by atoms with Crippen LogP contribution in [0.3, 0.4) is 0 Å². The molecule has 0 saturated carbocycles. The summed E-state index contributed by atoms with van der Waals surface area (Å²) in [7, 11) is 0. The third kappa shape index (κ3) is 98.4. The van der Waals surface area contributed by atoms with Crippen molar-refractivity contribution >= 4 is 0 Å². The van der Waals surface area contributed by atoms with Crippen molar-refractivity contribution in [2.24, 2.45) is 0 Å². The number of rotatable bonds is 8. The van der Waals surface area contributed by atoms with Gasteiger partial charge in [-0.2, -0.15) is 0 Å². The Morgan fingerprint density at radius 3 is 0.500 bits per heavy atom. The summed E-state index contributed by atoms with van der Waals surface area (Å²) in [5.41, 5.74) is 0. The van der Waals surface area contributed by atoms with Crippen molar-refractivity contribution in [2.75, 3.05) is 26.4 Å². The second kappa shape index (κ2) is 69.7. The zero-order chi connectivity index (χ0) is 16.5. The van der Waals surface area contributed by atoms with E-state index in [2.05, 4.69) is 0 Å². The zero-order valence-corrected chi connectivity index (χ0v) is 43.2. The van der Waals surface area contributed by atoms with E-state index in [4.69, 9.17) is 0 Å². The van der Waals surface area contributed by atoms with Gasteiger partial charge < -0.3 is 20.4 Å². The quantitative estimate of drug-likeness (QED) is 0.244. The first-order chi connectivity index (χ1) is 9.66. The van der Waals surface area contributed by atoms with Crippen LogP contribution in [0.5, 0.6) is 0 Å². The molecule has 0 unspecified atom stereocenters. The largest absolute Gasteiger partial charge is 1.00 e. The Morgan fingerprint density at radius 2 is 0.500 bits per heavy atom. The van der Waals surface area contributed by atoms with Crippen LogP contribution in [0.4, 0.5) is 0 Å². The average Bonchev–Trinajstić information content (AvgIpc) is 2.44. The Hall–Kier alpha value is 8.05. The van der Waals surface area contributed by atoms with Crippen molar-refractivity contribution in [3.8, 4) is 0 Å². The van der Waals surface area contributed by atoms with E-state index in [0.29, 0.717) is 0 Å². The van der Waals surface area contributed by atoms with Crippen molar-refractivity contribution in [2.45, 2.75) is 79.1 Å². The van der Waals surface area contributed by atoms with Crippen molar-refractivity contribution < 1.29 is 296 Å². The molecule has 8 heteroatoms. The SMILES string of the molecule is CCCC[O-].CCCC[O-].CCCC[O-].CCCC[O-].[Cs+].[Cs+].[Cs+].[Cs+]. The maximum Gasteiger partial charge on any atom is 1.00 e. The standard InChI is InChI=1S/4C4H9O.4Cs/c4*1-2-3-4-5;;;;/h4*2-4H2,1H3;;;;/q4*-1;4*+1. The molecule has 0 fully saturated rings. The Balaban J connectivity index is -0.0000000225. The van der Waals surface area contributed by atoms with Gasteiger partial charge in [-0.3, -0.25) is 0 Å². The Morgan fingerprint density at radius 1 is 0.375 bits per heavy atom. The minimum Gasteiger partial charge on any atom is -0.854 e. The summed E-state index contributed by atoms with van der Waals surface area (Å²) in [6.07, 6.45) is 7.46. The van der Waals surface area contributed by atoms with Crippen molar-refractivity contribution in [3.63, 3.8) is 0 Å². The fourth-order valence-electron chi connectivity index (χ4n) is 0.577. The van der Waals surface area contributed by atoms with E-state index in [1.165, 1.54) is 0 Å². The van der Waals surface area contributed by atoms with Gasteiger partial charge in [0.15, 0.2) is 0 Å². The van der Waals surface area contributed by atoms with Crippen LogP contribution in [0, 0.1) is 0 Å². The molecule has 0 aliphatic rings. The molecule has 0 rings (SSSR count). The van der Waals surface area contributed by atoms with Crippen molar-refractivity contribution in [3.05, 3.63) is 0 Å². The fraction of sp³-hybridized carbons (Fsp3) is 1.00. The molecule has 0 radical (unpaired) electrons. The molecule has 0 aromatic heterocycles. The third-order valence-corrected chi connectivity index (χ3v) is 1.99. The molecule has 128 valence electrons. The number of unbranched alkanes of at least 4 members (excludes halogenated alkanes) is 4. The van der Waals surface area contributed by atoms with Crippen LogP contribution in [0.25, 0.3) is 0 Å². The van der Waals surface area contributed by atoms with E-state index in [-0.39, 0.29) is 302 Å². The third-order valence-electron chi connectivity index (χ3n) is 1.99. The molecule has 0 heterocycles. The summed E-state index contributed by atoms with van der Waals surface area (Å²) in [5.74, 6) is 0. The molecular weight excluding hydrogens is 788 g/mol. The molecule has 0 aliphatic carbocycles. The summed E-state index contributed by atoms with van der Waals surface area (Å²) in [6.45, 7) is 8.42. The molecule has 0 bridgehead atoms. The normalized spacial score (nSPS) is 7.00. The molecule has 0 saturated heterocycles. The van der Waals surface area contributed by atoms with Crippen LogP contribution in [0.1, 0.15) is 79.1 Å². The zero-order valence-electron chi connectivity index (χ0n) is 18.1. The average molecular weight is 824 g/mol. The molecule has 24 heavy (non-hydrogen) atoms. The predicted molar refractivity (Wildman–Crippen MR) is 79.1 cm³/mol. The van der Waals surface area contributed by atoms with Gasteiger partial charge in [-0.05, 0) is 0 Å². The van der Waals surface area contributed by atoms with Crippen molar-refractivity contribution in [1.29, 1.82) is 0 Å². The summed E-state index contributed by atoms with van der Waals surface area (Å²) in [4.78, 5) is 0. The Labute approximate surface area is 388 Å². The monoisotopic (exact) mass is 824 g/mol. The van der Waals surface area contributed by atoms with Crippen molar-refractivity contribution in [1.82, 2.24) is 0 Å². The number of hydrogen-bond acceptors (Lipinski definition) is 4. The van der Waals surface area contributed by atoms with Gasteiger partial charge in [0.2, 0.25) is 0 Å². The summed E-state index contributed by atoms with van der Waals surface area (Å²) < 4.78 is 0. The van der Waals surface area contributed by atoms with E-state index in [1.807, 2.05) is 27.7 Å². The maximum atomic E-state index is 9.53. The molecule has 4 nitrogen and oxygen atoms in total. The van der Waals surface area contributed by atoms with Gasteiger partial charge >= 0.3 is 276 Å². The second-order valence-electron chi connectivity index (χ2n) is 4.23. The molecule has 0 aliphatic heterocycles. The second-order valence-corrected chi connectivity index (χ2v) is 4.23. The van der Waals surface area contributed by atoms with E-state index < -0.39 is 0 Å². The molecule has 0 amide bonds. The summed E-state index contributed by atoms with van der Waals surface area (Å²) in [5, 5.41) is 38.1. The van der Waals surface area contributed by atoms with Gasteiger partial charge in [-0.1, -0.05) is 79.1 Å². The van der Waals surface area contributed by atoms with Gasteiger partial charge in [0, 0.05) is 0 Å². The van der Waals surface area contributed by atoms with Gasteiger partial charge in [-0.25, -0.2) is 0 Å². The molecule has 0 spiro atoms. The first-order valence-corrected chi connectivity index (χ1v) is 7.98. The van der Waals surface area contributed by atoms with Crippen LogP contribution in [0.15, 0.2) is 0 Å². The van der Waals surface area contributed by atoms with Gasteiger partial charge in [-0.15, -0.1) is 26.4 Å². The van der Waals surface area contributed by atoms with E-state index in [1.54, 1.807) is 0 Å². The van der Waals surface area contributed by atoms with Crippen LogP contribution in [0.2, 0.25) is 0 Å². The van der Waals surface area contributed by atoms with Crippen LogP contribution < -0.4 is 296 Å². The molecule has 0 N–H and O–H groups in total. The summed E-state index contributed by atoms with van der Waals surface area (Å²) >= 11 is 0. The Bertz CT molecular complexity index is 84.1. The molecule has 0 aromatic rings. The molecular formula is C16H36Cs4O4. The minimum atomic E-state index is 0. The van der Waals surface area contributed by atoms with E-state index in [0.717, 1.165) is 51.4 Å². The summed E-state index contributed by atoms with van der Waals surface area (Å²) in [6, 6.07) is 0. The maximum absolute atomic E-state index is 9.53. The van der Waals surface area contributed by atoms with Gasteiger partial charge in [0.25, 0.3) is 0 Å². The van der Waals surface area contributed by atoms with Crippen LogP contribution in [-0.2, 0) is 0 Å². The molecule has 0 atom stereocenters. The van der Waals surface area contributed by atoms with E-state index >= 15 is 0 Å². The first kappa shape index (κ1) is 53.4. The minimum absolute atomic E-state index is 0. The smallest absolute Gasteiger partial charge is 0.854 e. The fourth-order valence-corrected chi connectivity index (χ4v) is 0.577. The van der Waals surface area contributed by atoms with E-state index in [9.17, 15) is 20.4 Å². The van der Waals surface area contributed by atoms with Gasteiger partial charge in [0.1, 0.15) is 0 Å². The predicted octanol–water partition coefficient (Wildman–Crippen LogP) is -11.4. The van der Waals surface area contributed by atoms with Crippen LogP contribution >= 0.6 is 0 Å². The topological polar surface area (TPSA) is 92.2 Å². The first-order valence-electron chi connectivity index (χ1n) is 7.98. The number of hydrogen-bond donors (Lipinski definition) is 0.